The number of hydrogen-bond acceptors (Lipinski definition) is 3. The van der Waals surface area contributed by atoms with E-state index in [0.717, 1.165) is 0 Å². The van der Waals surface area contributed by atoms with Crippen LogP contribution >= 0.6 is 15.9 Å². The molecule has 3 N–H and O–H groups in total. The lowest BCUT2D eigenvalue weighted by Crippen LogP contribution is -2.03. The van der Waals surface area contributed by atoms with Gasteiger partial charge < -0.3 is 10.8 Å². The third-order valence-electron chi connectivity index (χ3n) is 2.06. The highest BCUT2D eigenvalue weighted by Crippen LogP contribution is 2.26. The molecular formula is C10H8BrN3O2. The number of benzene rings is 1. The summed E-state index contributed by atoms with van der Waals surface area (Å²) in [6.07, 6.45) is 0. The summed E-state index contributed by atoms with van der Waals surface area (Å²) in [6.45, 7) is 0. The maximum atomic E-state index is 10.9. The number of halogens is 1. The first-order valence-corrected chi connectivity index (χ1v) is 5.23. The van der Waals surface area contributed by atoms with Crippen LogP contribution in [0.5, 0.6) is 0 Å². The number of carbonyl (C=O) groups is 1. The van der Waals surface area contributed by atoms with E-state index < -0.39 is 5.97 Å². The van der Waals surface area contributed by atoms with Crippen molar-refractivity contribution in [3.63, 3.8) is 0 Å². The summed E-state index contributed by atoms with van der Waals surface area (Å²) in [6, 6.07) is 9.09. The standard InChI is InChI=1S/C10H8BrN3O2/c11-7-8(10(15)16)13-14(9(7)12)6-4-2-1-3-5-6/h1-5H,12H2,(H,15,16). The second-order valence-corrected chi connectivity index (χ2v) is 3.89. The predicted molar refractivity (Wildman–Crippen MR) is 62.6 cm³/mol. The average molecular weight is 282 g/mol. The van der Waals surface area contributed by atoms with Gasteiger partial charge >= 0.3 is 5.97 Å². The number of nitrogen functional groups attached to an aromatic ring is 1. The molecule has 0 aliphatic rings. The van der Waals surface area contributed by atoms with E-state index in [1.54, 1.807) is 12.1 Å². The van der Waals surface area contributed by atoms with Crippen LogP contribution in [0.15, 0.2) is 34.8 Å². The fraction of sp³-hybridized carbons (Fsp3) is 0. The van der Waals surface area contributed by atoms with Gasteiger partial charge in [0.25, 0.3) is 0 Å². The van der Waals surface area contributed by atoms with Gasteiger partial charge in [0.05, 0.1) is 10.2 Å². The molecule has 0 radical (unpaired) electrons. The van der Waals surface area contributed by atoms with Crippen LogP contribution in [0.1, 0.15) is 10.5 Å². The first kappa shape index (κ1) is 10.7. The van der Waals surface area contributed by atoms with Gasteiger partial charge in [0, 0.05) is 0 Å². The van der Waals surface area contributed by atoms with E-state index in [1.807, 2.05) is 18.2 Å². The van der Waals surface area contributed by atoms with Crippen molar-refractivity contribution in [2.24, 2.45) is 0 Å². The molecule has 0 amide bonds. The minimum absolute atomic E-state index is 0.0960. The van der Waals surface area contributed by atoms with E-state index in [1.165, 1.54) is 4.68 Å². The third kappa shape index (κ3) is 1.67. The SMILES string of the molecule is Nc1c(Br)c(C(=O)O)nn1-c1ccccc1. The van der Waals surface area contributed by atoms with Crippen molar-refractivity contribution in [2.45, 2.75) is 0 Å². The molecule has 2 rings (SSSR count). The molecule has 0 atom stereocenters. The van der Waals surface area contributed by atoms with Gasteiger partial charge in [0.15, 0.2) is 5.69 Å². The maximum Gasteiger partial charge on any atom is 0.357 e. The van der Waals surface area contributed by atoms with Crippen molar-refractivity contribution < 1.29 is 9.90 Å². The zero-order valence-corrected chi connectivity index (χ0v) is 9.68. The molecule has 82 valence electrons. The number of anilines is 1. The molecule has 1 aromatic carbocycles. The fourth-order valence-electron chi connectivity index (χ4n) is 1.31. The summed E-state index contributed by atoms with van der Waals surface area (Å²) in [5, 5.41) is 12.8. The molecule has 16 heavy (non-hydrogen) atoms. The Hall–Kier alpha value is -1.82. The molecule has 5 nitrogen and oxygen atoms in total. The van der Waals surface area contributed by atoms with Gasteiger partial charge in [-0.05, 0) is 28.1 Å². The zero-order chi connectivity index (χ0) is 11.7. The van der Waals surface area contributed by atoms with Crippen LogP contribution in [-0.2, 0) is 0 Å². The van der Waals surface area contributed by atoms with Crippen molar-refractivity contribution in [1.29, 1.82) is 0 Å². The topological polar surface area (TPSA) is 81.1 Å². The van der Waals surface area contributed by atoms with E-state index in [4.69, 9.17) is 10.8 Å². The number of nitrogens with zero attached hydrogens (tertiary/aromatic N) is 2. The normalized spacial score (nSPS) is 10.3. The number of aromatic carboxylic acids is 1. The first-order valence-electron chi connectivity index (χ1n) is 4.44. The van der Waals surface area contributed by atoms with Crippen LogP contribution < -0.4 is 5.73 Å². The number of carboxylic acids is 1. The van der Waals surface area contributed by atoms with Crippen LogP contribution in [0, 0.1) is 0 Å². The summed E-state index contributed by atoms with van der Waals surface area (Å²) in [5.74, 6) is -0.850. The molecule has 0 saturated heterocycles. The number of hydrogen-bond donors (Lipinski definition) is 2. The van der Waals surface area contributed by atoms with E-state index in [2.05, 4.69) is 21.0 Å². The minimum atomic E-state index is -1.12. The Morgan fingerprint density at radius 1 is 1.38 bits per heavy atom. The molecule has 0 aliphatic heterocycles. The van der Waals surface area contributed by atoms with Crippen molar-refractivity contribution in [3.8, 4) is 5.69 Å². The van der Waals surface area contributed by atoms with Crippen LogP contribution in [0.3, 0.4) is 0 Å². The average Bonchev–Trinajstić information content (AvgIpc) is 2.58. The molecule has 0 unspecified atom stereocenters. The second kappa shape index (κ2) is 3.97. The van der Waals surface area contributed by atoms with Gasteiger partial charge in [-0.3, -0.25) is 0 Å². The van der Waals surface area contributed by atoms with Crippen LogP contribution in [0.2, 0.25) is 0 Å². The largest absolute Gasteiger partial charge is 0.476 e. The Morgan fingerprint density at radius 3 is 2.50 bits per heavy atom. The predicted octanol–water partition coefficient (Wildman–Crippen LogP) is 1.92. The summed E-state index contributed by atoms with van der Waals surface area (Å²) in [4.78, 5) is 10.9. The van der Waals surface area contributed by atoms with E-state index in [0.29, 0.717) is 10.2 Å². The smallest absolute Gasteiger partial charge is 0.357 e. The summed E-state index contributed by atoms with van der Waals surface area (Å²) < 4.78 is 1.68. The minimum Gasteiger partial charge on any atom is -0.476 e. The van der Waals surface area contributed by atoms with E-state index in [-0.39, 0.29) is 11.5 Å². The highest BCUT2D eigenvalue weighted by molar-refractivity contribution is 9.10. The first-order chi connectivity index (χ1) is 7.61. The summed E-state index contributed by atoms with van der Waals surface area (Å²) in [7, 11) is 0. The number of para-hydroxylation sites is 1. The zero-order valence-electron chi connectivity index (χ0n) is 8.09. The van der Waals surface area contributed by atoms with Crippen LogP contribution in [0.25, 0.3) is 5.69 Å². The Labute approximate surface area is 99.6 Å². The van der Waals surface area contributed by atoms with Gasteiger partial charge in [-0.15, -0.1) is 0 Å². The molecule has 1 aromatic heterocycles. The van der Waals surface area contributed by atoms with Crippen molar-refractivity contribution >= 4 is 27.7 Å². The summed E-state index contributed by atoms with van der Waals surface area (Å²) in [5.41, 5.74) is 6.38. The molecule has 0 saturated carbocycles. The fourth-order valence-corrected chi connectivity index (χ4v) is 1.73. The van der Waals surface area contributed by atoms with Gasteiger partial charge in [0.1, 0.15) is 5.82 Å². The molecule has 0 spiro atoms. The van der Waals surface area contributed by atoms with Crippen LogP contribution in [-0.4, -0.2) is 20.9 Å². The number of rotatable bonds is 2. The van der Waals surface area contributed by atoms with Crippen molar-refractivity contribution in [1.82, 2.24) is 9.78 Å². The quantitative estimate of drug-likeness (QED) is 0.881. The molecular weight excluding hydrogens is 274 g/mol. The van der Waals surface area contributed by atoms with Gasteiger partial charge in [-0.1, -0.05) is 18.2 Å². The molecule has 0 aliphatic carbocycles. The highest BCUT2D eigenvalue weighted by atomic mass is 79.9. The number of carboxylic acid groups (broad SMARTS) is 1. The lowest BCUT2D eigenvalue weighted by Gasteiger charge is -2.02. The monoisotopic (exact) mass is 281 g/mol. The molecule has 2 aromatic rings. The number of nitrogens with two attached hydrogens (primary N) is 1. The second-order valence-electron chi connectivity index (χ2n) is 3.10. The summed E-state index contributed by atoms with van der Waals surface area (Å²) >= 11 is 3.11. The van der Waals surface area contributed by atoms with E-state index >= 15 is 0 Å². The molecule has 1 heterocycles. The van der Waals surface area contributed by atoms with Crippen LogP contribution in [0.4, 0.5) is 5.82 Å². The Balaban J connectivity index is 2.60. The maximum absolute atomic E-state index is 10.9. The third-order valence-corrected chi connectivity index (χ3v) is 2.85. The van der Waals surface area contributed by atoms with Gasteiger partial charge in [-0.2, -0.15) is 5.10 Å². The molecule has 0 fully saturated rings. The Kier molecular flexibility index (Phi) is 2.66. The van der Waals surface area contributed by atoms with Crippen molar-refractivity contribution in [3.05, 3.63) is 40.5 Å². The number of aromatic nitrogens is 2. The van der Waals surface area contributed by atoms with Gasteiger partial charge in [-0.25, -0.2) is 9.48 Å². The Bertz CT molecular complexity index is 536. The lowest BCUT2D eigenvalue weighted by atomic mass is 10.3. The Morgan fingerprint density at radius 2 is 2.00 bits per heavy atom. The molecule has 0 bridgehead atoms. The van der Waals surface area contributed by atoms with Crippen molar-refractivity contribution in [2.75, 3.05) is 5.73 Å². The van der Waals surface area contributed by atoms with E-state index in [9.17, 15) is 4.79 Å². The molecule has 6 heteroatoms. The van der Waals surface area contributed by atoms with Gasteiger partial charge in [0.2, 0.25) is 0 Å². The highest BCUT2D eigenvalue weighted by Gasteiger charge is 2.19. The lowest BCUT2D eigenvalue weighted by molar-refractivity contribution is 0.0689.